The van der Waals surface area contributed by atoms with Crippen LogP contribution < -0.4 is 0 Å². The van der Waals surface area contributed by atoms with Gasteiger partial charge in [0.25, 0.3) is 0 Å². The number of hydrogen-bond acceptors (Lipinski definition) is 0. The molecule has 1 unspecified atom stereocenters. The third kappa shape index (κ3) is 1.91. The quantitative estimate of drug-likeness (QED) is 0.648. The number of benzene rings is 1. The van der Waals surface area contributed by atoms with Crippen molar-refractivity contribution in [3.8, 4) is 0 Å². The number of hydrogen-bond donors (Lipinski definition) is 0. The molecule has 0 saturated heterocycles. The van der Waals surface area contributed by atoms with Gasteiger partial charge in [-0.05, 0) is 30.0 Å². The molecule has 1 aliphatic carbocycles. The Kier molecular flexibility index (Phi) is 2.25. The van der Waals surface area contributed by atoms with E-state index in [9.17, 15) is 13.2 Å². The van der Waals surface area contributed by atoms with Gasteiger partial charge in [0, 0.05) is 12.8 Å². The molecule has 3 heteroatoms. The number of halogens is 3. The standard InChI is InChI=1S/C11H11F3/c12-10-3-1-8(2-4-10)9-5-6-11(13,14)7-9/h1-4,9H,5-7H2. The van der Waals surface area contributed by atoms with Crippen LogP contribution in [-0.2, 0) is 0 Å². The molecule has 0 nitrogen and oxygen atoms in total. The molecule has 14 heavy (non-hydrogen) atoms. The number of alkyl halides is 2. The van der Waals surface area contributed by atoms with E-state index in [4.69, 9.17) is 0 Å². The van der Waals surface area contributed by atoms with Crippen molar-refractivity contribution in [2.75, 3.05) is 0 Å². The molecule has 0 heterocycles. The zero-order valence-corrected chi connectivity index (χ0v) is 7.64. The molecule has 0 N–H and O–H groups in total. The van der Waals surface area contributed by atoms with Crippen molar-refractivity contribution >= 4 is 0 Å². The Labute approximate surface area is 80.7 Å². The van der Waals surface area contributed by atoms with Crippen molar-refractivity contribution in [3.63, 3.8) is 0 Å². The topological polar surface area (TPSA) is 0 Å². The zero-order valence-electron chi connectivity index (χ0n) is 7.64. The van der Waals surface area contributed by atoms with Crippen LogP contribution in [0.1, 0.15) is 30.7 Å². The van der Waals surface area contributed by atoms with E-state index in [0.717, 1.165) is 5.56 Å². The van der Waals surface area contributed by atoms with E-state index in [2.05, 4.69) is 0 Å². The average Bonchev–Trinajstić information content (AvgIpc) is 2.47. The van der Waals surface area contributed by atoms with Crippen LogP contribution in [0, 0.1) is 5.82 Å². The van der Waals surface area contributed by atoms with Gasteiger partial charge in [-0.15, -0.1) is 0 Å². The molecule has 2 rings (SSSR count). The molecule has 1 atom stereocenters. The summed E-state index contributed by atoms with van der Waals surface area (Å²) in [5.41, 5.74) is 0.823. The first-order chi connectivity index (χ1) is 6.57. The second-order valence-corrected chi connectivity index (χ2v) is 3.85. The second-order valence-electron chi connectivity index (χ2n) is 3.85. The van der Waals surface area contributed by atoms with Crippen LogP contribution in [0.25, 0.3) is 0 Å². The lowest BCUT2D eigenvalue weighted by molar-refractivity contribution is 0.00777. The van der Waals surface area contributed by atoms with Crippen molar-refractivity contribution in [2.24, 2.45) is 0 Å². The first kappa shape index (κ1) is 9.56. The van der Waals surface area contributed by atoms with E-state index in [-0.39, 0.29) is 24.6 Å². The number of rotatable bonds is 1. The molecule has 1 fully saturated rings. The largest absolute Gasteiger partial charge is 0.248 e. The van der Waals surface area contributed by atoms with Gasteiger partial charge in [0.2, 0.25) is 5.92 Å². The van der Waals surface area contributed by atoms with Gasteiger partial charge in [-0.2, -0.15) is 0 Å². The first-order valence-electron chi connectivity index (χ1n) is 4.70. The maximum Gasteiger partial charge on any atom is 0.248 e. The molecule has 0 aromatic heterocycles. The van der Waals surface area contributed by atoms with Crippen LogP contribution >= 0.6 is 0 Å². The molecule has 0 amide bonds. The van der Waals surface area contributed by atoms with Crippen LogP contribution in [0.4, 0.5) is 13.2 Å². The fraction of sp³-hybridized carbons (Fsp3) is 0.455. The Morgan fingerprint density at radius 3 is 2.29 bits per heavy atom. The summed E-state index contributed by atoms with van der Waals surface area (Å²) in [6, 6.07) is 5.85. The third-order valence-electron chi connectivity index (χ3n) is 2.75. The summed E-state index contributed by atoms with van der Waals surface area (Å²) in [5, 5.41) is 0. The fourth-order valence-electron chi connectivity index (χ4n) is 1.97. The van der Waals surface area contributed by atoms with Crippen molar-refractivity contribution in [3.05, 3.63) is 35.6 Å². The van der Waals surface area contributed by atoms with Crippen LogP contribution in [0.5, 0.6) is 0 Å². The van der Waals surface area contributed by atoms with E-state index in [0.29, 0.717) is 6.42 Å². The van der Waals surface area contributed by atoms with Gasteiger partial charge in [-0.3, -0.25) is 0 Å². The normalized spacial score (nSPS) is 25.2. The molecule has 0 bridgehead atoms. The average molecular weight is 200 g/mol. The van der Waals surface area contributed by atoms with E-state index >= 15 is 0 Å². The van der Waals surface area contributed by atoms with Gasteiger partial charge in [0.05, 0.1) is 0 Å². The van der Waals surface area contributed by atoms with E-state index in [1.807, 2.05) is 0 Å². The summed E-state index contributed by atoms with van der Waals surface area (Å²) in [6.45, 7) is 0. The van der Waals surface area contributed by atoms with Gasteiger partial charge >= 0.3 is 0 Å². The predicted octanol–water partition coefficient (Wildman–Crippen LogP) is 3.73. The van der Waals surface area contributed by atoms with Crippen LogP contribution in [0.3, 0.4) is 0 Å². The molecule has 0 radical (unpaired) electrons. The molecular formula is C11H11F3. The summed E-state index contributed by atoms with van der Waals surface area (Å²) < 4.78 is 38.3. The Morgan fingerprint density at radius 1 is 1.14 bits per heavy atom. The predicted molar refractivity (Wildman–Crippen MR) is 47.9 cm³/mol. The van der Waals surface area contributed by atoms with Gasteiger partial charge in [0.15, 0.2) is 0 Å². The molecular weight excluding hydrogens is 189 g/mol. The highest BCUT2D eigenvalue weighted by molar-refractivity contribution is 5.22. The minimum absolute atomic E-state index is 0.0466. The van der Waals surface area contributed by atoms with Gasteiger partial charge < -0.3 is 0 Å². The summed E-state index contributed by atoms with van der Waals surface area (Å²) in [6.07, 6.45) is 0.353. The van der Waals surface area contributed by atoms with E-state index < -0.39 is 5.92 Å². The molecule has 1 aliphatic rings. The molecule has 1 aromatic rings. The van der Waals surface area contributed by atoms with Crippen molar-refractivity contribution < 1.29 is 13.2 Å². The van der Waals surface area contributed by atoms with Gasteiger partial charge in [-0.25, -0.2) is 13.2 Å². The summed E-state index contributed by atoms with van der Waals surface area (Å²) in [4.78, 5) is 0. The van der Waals surface area contributed by atoms with Crippen molar-refractivity contribution in [2.45, 2.75) is 31.1 Å². The fourth-order valence-corrected chi connectivity index (χ4v) is 1.97. The second kappa shape index (κ2) is 3.30. The van der Waals surface area contributed by atoms with Crippen LogP contribution in [0.15, 0.2) is 24.3 Å². The highest BCUT2D eigenvalue weighted by Gasteiger charge is 2.39. The van der Waals surface area contributed by atoms with E-state index in [1.54, 1.807) is 12.1 Å². The maximum absolute atomic E-state index is 12.9. The van der Waals surface area contributed by atoms with Gasteiger partial charge in [-0.1, -0.05) is 12.1 Å². The van der Waals surface area contributed by atoms with E-state index in [1.165, 1.54) is 12.1 Å². The van der Waals surface area contributed by atoms with Crippen molar-refractivity contribution in [1.82, 2.24) is 0 Å². The Hall–Kier alpha value is -0.990. The highest BCUT2D eigenvalue weighted by atomic mass is 19.3. The zero-order chi connectivity index (χ0) is 10.2. The van der Waals surface area contributed by atoms with Crippen LogP contribution in [0.2, 0.25) is 0 Å². The molecule has 1 aromatic carbocycles. The van der Waals surface area contributed by atoms with Crippen LogP contribution in [-0.4, -0.2) is 5.92 Å². The Bertz CT molecular complexity index is 316. The smallest absolute Gasteiger partial charge is 0.207 e. The first-order valence-corrected chi connectivity index (χ1v) is 4.70. The Balaban J connectivity index is 2.14. The lowest BCUT2D eigenvalue weighted by Gasteiger charge is -2.10. The summed E-state index contributed by atoms with van der Waals surface area (Å²) in [7, 11) is 0. The summed E-state index contributed by atoms with van der Waals surface area (Å²) in [5.74, 6) is -2.96. The van der Waals surface area contributed by atoms with Crippen molar-refractivity contribution in [1.29, 1.82) is 0 Å². The lowest BCUT2D eigenvalue weighted by atomic mass is 9.98. The molecule has 76 valence electrons. The summed E-state index contributed by atoms with van der Waals surface area (Å²) >= 11 is 0. The highest BCUT2D eigenvalue weighted by Crippen LogP contribution is 2.43. The lowest BCUT2D eigenvalue weighted by Crippen LogP contribution is -2.09. The SMILES string of the molecule is Fc1ccc(C2CCC(F)(F)C2)cc1. The maximum atomic E-state index is 12.9. The molecule has 1 saturated carbocycles. The minimum atomic E-state index is -2.53. The van der Waals surface area contributed by atoms with Gasteiger partial charge in [0.1, 0.15) is 5.82 Å². The molecule has 0 aliphatic heterocycles. The third-order valence-corrected chi connectivity index (χ3v) is 2.75. The Morgan fingerprint density at radius 2 is 1.79 bits per heavy atom. The molecule has 0 spiro atoms. The monoisotopic (exact) mass is 200 g/mol. The minimum Gasteiger partial charge on any atom is -0.207 e.